The van der Waals surface area contributed by atoms with E-state index in [1.54, 1.807) is 0 Å². The number of hydrogen-bond donors (Lipinski definition) is 2. The van der Waals surface area contributed by atoms with Gasteiger partial charge in [0.25, 0.3) is 0 Å². The van der Waals surface area contributed by atoms with Crippen LogP contribution in [0.5, 0.6) is 0 Å². The fraction of sp³-hybridized carbons (Fsp3) is 0.588. The van der Waals surface area contributed by atoms with Crippen molar-refractivity contribution in [1.82, 2.24) is 5.32 Å². The highest BCUT2D eigenvalue weighted by Crippen LogP contribution is 2.20. The first-order valence-corrected chi connectivity index (χ1v) is 8.02. The van der Waals surface area contributed by atoms with E-state index in [0.717, 1.165) is 31.6 Å². The van der Waals surface area contributed by atoms with Crippen LogP contribution in [0.25, 0.3) is 0 Å². The predicted molar refractivity (Wildman–Crippen MR) is 88.9 cm³/mol. The lowest BCUT2D eigenvalue weighted by atomic mass is 10.0. The highest BCUT2D eigenvalue weighted by atomic mass is 16.2. The van der Waals surface area contributed by atoms with Crippen molar-refractivity contribution in [3.05, 3.63) is 24.3 Å². The van der Waals surface area contributed by atoms with E-state index in [2.05, 4.69) is 48.4 Å². The quantitative estimate of drug-likeness (QED) is 0.876. The van der Waals surface area contributed by atoms with E-state index in [4.69, 9.17) is 0 Å². The normalized spacial score (nSPS) is 18.6. The van der Waals surface area contributed by atoms with Crippen molar-refractivity contribution >= 4 is 17.3 Å². The molecule has 0 saturated carbocycles. The van der Waals surface area contributed by atoms with Crippen LogP contribution in [0.4, 0.5) is 11.4 Å². The first-order valence-electron chi connectivity index (χ1n) is 8.02. The van der Waals surface area contributed by atoms with Crippen LogP contribution in [0.3, 0.4) is 0 Å². The van der Waals surface area contributed by atoms with Crippen LogP contribution in [-0.4, -0.2) is 31.1 Å². The van der Waals surface area contributed by atoms with Gasteiger partial charge >= 0.3 is 0 Å². The number of nitrogens with one attached hydrogen (secondary N) is 2. The molecule has 0 unspecified atom stereocenters. The SMILES string of the molecule is CCN(c1ccc(NC(=O)[C@@H]2CCCCN2)cc1)C(C)C. The topological polar surface area (TPSA) is 44.4 Å². The number of hydrogen-bond acceptors (Lipinski definition) is 3. The van der Waals surface area contributed by atoms with Gasteiger partial charge in [0.2, 0.25) is 5.91 Å². The van der Waals surface area contributed by atoms with Crippen molar-refractivity contribution in [2.45, 2.75) is 52.1 Å². The summed E-state index contributed by atoms with van der Waals surface area (Å²) in [4.78, 5) is 14.5. The zero-order valence-electron chi connectivity index (χ0n) is 13.4. The van der Waals surface area contributed by atoms with Crippen molar-refractivity contribution in [3.63, 3.8) is 0 Å². The van der Waals surface area contributed by atoms with Gasteiger partial charge < -0.3 is 15.5 Å². The van der Waals surface area contributed by atoms with Gasteiger partial charge in [-0.1, -0.05) is 6.42 Å². The number of carbonyl (C=O) groups excluding carboxylic acids is 1. The maximum Gasteiger partial charge on any atom is 0.241 e. The van der Waals surface area contributed by atoms with Crippen LogP contribution >= 0.6 is 0 Å². The van der Waals surface area contributed by atoms with Gasteiger partial charge in [-0.3, -0.25) is 4.79 Å². The fourth-order valence-corrected chi connectivity index (χ4v) is 2.89. The Morgan fingerprint density at radius 1 is 1.33 bits per heavy atom. The van der Waals surface area contributed by atoms with E-state index in [0.29, 0.717) is 6.04 Å². The summed E-state index contributed by atoms with van der Waals surface area (Å²) in [6, 6.07) is 8.56. The largest absolute Gasteiger partial charge is 0.369 e. The molecule has 0 aromatic heterocycles. The van der Waals surface area contributed by atoms with E-state index in [1.165, 1.54) is 12.1 Å². The lowest BCUT2D eigenvalue weighted by molar-refractivity contribution is -0.118. The lowest BCUT2D eigenvalue weighted by Crippen LogP contribution is -2.43. The average Bonchev–Trinajstić information content (AvgIpc) is 2.50. The zero-order chi connectivity index (χ0) is 15.2. The number of nitrogens with zero attached hydrogens (tertiary/aromatic N) is 1. The molecule has 1 heterocycles. The molecule has 1 fully saturated rings. The summed E-state index contributed by atoms with van der Waals surface area (Å²) in [7, 11) is 0. The van der Waals surface area contributed by atoms with E-state index in [1.807, 2.05) is 12.1 Å². The van der Waals surface area contributed by atoms with Gasteiger partial charge in [-0.2, -0.15) is 0 Å². The van der Waals surface area contributed by atoms with Crippen LogP contribution in [0.15, 0.2) is 24.3 Å². The van der Waals surface area contributed by atoms with Crippen molar-refractivity contribution in [3.8, 4) is 0 Å². The van der Waals surface area contributed by atoms with Gasteiger partial charge in [-0.05, 0) is 64.4 Å². The molecule has 1 aliphatic rings. The minimum Gasteiger partial charge on any atom is -0.369 e. The molecule has 2 rings (SSSR count). The Bertz CT molecular complexity index is 450. The van der Waals surface area contributed by atoms with Crippen LogP contribution in [0, 0.1) is 0 Å². The van der Waals surface area contributed by atoms with E-state index in [-0.39, 0.29) is 11.9 Å². The zero-order valence-corrected chi connectivity index (χ0v) is 13.4. The van der Waals surface area contributed by atoms with Crippen LogP contribution in [0.1, 0.15) is 40.0 Å². The van der Waals surface area contributed by atoms with Gasteiger partial charge in [0.1, 0.15) is 0 Å². The third-order valence-corrected chi connectivity index (χ3v) is 4.06. The van der Waals surface area contributed by atoms with Gasteiger partial charge in [-0.15, -0.1) is 0 Å². The van der Waals surface area contributed by atoms with Crippen molar-refractivity contribution in [2.24, 2.45) is 0 Å². The smallest absolute Gasteiger partial charge is 0.241 e. The van der Waals surface area contributed by atoms with E-state index < -0.39 is 0 Å². The van der Waals surface area contributed by atoms with Gasteiger partial charge in [-0.25, -0.2) is 0 Å². The number of anilines is 2. The van der Waals surface area contributed by atoms with Crippen molar-refractivity contribution in [1.29, 1.82) is 0 Å². The number of benzene rings is 1. The summed E-state index contributed by atoms with van der Waals surface area (Å²) in [6.45, 7) is 8.46. The van der Waals surface area contributed by atoms with E-state index >= 15 is 0 Å². The summed E-state index contributed by atoms with van der Waals surface area (Å²) in [5.41, 5.74) is 2.07. The second-order valence-corrected chi connectivity index (χ2v) is 5.92. The Labute approximate surface area is 127 Å². The lowest BCUT2D eigenvalue weighted by Gasteiger charge is -2.27. The van der Waals surface area contributed by atoms with Crippen LogP contribution < -0.4 is 15.5 Å². The molecular weight excluding hydrogens is 262 g/mol. The molecule has 1 atom stereocenters. The highest BCUT2D eigenvalue weighted by molar-refractivity contribution is 5.95. The molecule has 21 heavy (non-hydrogen) atoms. The molecule has 1 amide bonds. The Morgan fingerprint density at radius 3 is 2.57 bits per heavy atom. The third-order valence-electron chi connectivity index (χ3n) is 4.06. The molecule has 2 N–H and O–H groups in total. The molecule has 1 aromatic rings. The molecule has 1 aromatic carbocycles. The molecule has 0 spiro atoms. The summed E-state index contributed by atoms with van der Waals surface area (Å²) in [6.07, 6.45) is 3.23. The molecule has 116 valence electrons. The molecule has 1 aliphatic heterocycles. The molecule has 4 heteroatoms. The number of piperidine rings is 1. The molecular formula is C17H27N3O. The molecule has 0 aliphatic carbocycles. The monoisotopic (exact) mass is 289 g/mol. The molecule has 4 nitrogen and oxygen atoms in total. The molecule has 0 radical (unpaired) electrons. The first kappa shape index (κ1) is 15.8. The van der Waals surface area contributed by atoms with Gasteiger partial charge in [0.15, 0.2) is 0 Å². The first-order chi connectivity index (χ1) is 10.1. The fourth-order valence-electron chi connectivity index (χ4n) is 2.89. The van der Waals surface area contributed by atoms with Crippen molar-refractivity contribution in [2.75, 3.05) is 23.3 Å². The molecule has 0 bridgehead atoms. The standard InChI is InChI=1S/C17H27N3O/c1-4-20(13(2)3)15-10-8-14(9-11-15)19-17(21)16-7-5-6-12-18-16/h8-11,13,16,18H,4-7,12H2,1-3H3,(H,19,21)/t16-/m0/s1. The Kier molecular flexibility index (Phi) is 5.62. The highest BCUT2D eigenvalue weighted by Gasteiger charge is 2.20. The Hall–Kier alpha value is -1.55. The minimum absolute atomic E-state index is 0.0405. The number of rotatable bonds is 5. The summed E-state index contributed by atoms with van der Waals surface area (Å²) >= 11 is 0. The molecule has 1 saturated heterocycles. The van der Waals surface area contributed by atoms with Gasteiger partial charge in [0.05, 0.1) is 6.04 Å². The third kappa shape index (κ3) is 4.21. The van der Waals surface area contributed by atoms with Crippen LogP contribution in [0.2, 0.25) is 0 Å². The van der Waals surface area contributed by atoms with E-state index in [9.17, 15) is 4.79 Å². The minimum atomic E-state index is -0.0405. The second-order valence-electron chi connectivity index (χ2n) is 5.92. The predicted octanol–water partition coefficient (Wildman–Crippen LogP) is 3.00. The van der Waals surface area contributed by atoms with Crippen molar-refractivity contribution < 1.29 is 4.79 Å². The summed E-state index contributed by atoms with van der Waals surface area (Å²) in [5.74, 6) is 0.0821. The average molecular weight is 289 g/mol. The number of amides is 1. The summed E-state index contributed by atoms with van der Waals surface area (Å²) < 4.78 is 0. The maximum absolute atomic E-state index is 12.2. The second kappa shape index (κ2) is 7.46. The number of carbonyl (C=O) groups is 1. The summed E-state index contributed by atoms with van der Waals surface area (Å²) in [5, 5.41) is 6.28. The van der Waals surface area contributed by atoms with Crippen LogP contribution in [-0.2, 0) is 4.79 Å². The Balaban J connectivity index is 1.97. The van der Waals surface area contributed by atoms with Gasteiger partial charge in [0, 0.05) is 24.0 Å². The Morgan fingerprint density at radius 2 is 2.05 bits per heavy atom. The maximum atomic E-state index is 12.2.